The zero-order chi connectivity index (χ0) is 25.4. The molecule has 0 aliphatic rings. The molecule has 0 unspecified atom stereocenters. The van der Waals surface area contributed by atoms with Crippen molar-refractivity contribution in [2.45, 2.75) is 12.1 Å². The fourth-order valence-electron chi connectivity index (χ4n) is 3.86. The number of pyridine rings is 1. The van der Waals surface area contributed by atoms with E-state index >= 15 is 0 Å². The van der Waals surface area contributed by atoms with Gasteiger partial charge >= 0.3 is 0 Å². The number of rotatable bonds is 6. The van der Waals surface area contributed by atoms with Gasteiger partial charge in [-0.1, -0.05) is 36.5 Å². The number of halogens is 2. The molecule has 0 amide bonds. The summed E-state index contributed by atoms with van der Waals surface area (Å²) in [7, 11) is 0. The fourth-order valence-corrected chi connectivity index (χ4v) is 4.78. The molecule has 6 nitrogen and oxygen atoms in total. The zero-order valence-corrected chi connectivity index (χ0v) is 20.9. The Labute approximate surface area is 213 Å². The highest BCUT2D eigenvalue weighted by atomic mass is 32.2. The summed E-state index contributed by atoms with van der Waals surface area (Å²) in [4.78, 5) is 26.3. The van der Waals surface area contributed by atoms with Crippen molar-refractivity contribution in [3.63, 3.8) is 0 Å². The molecule has 1 N–H and O–H groups in total. The molecule has 0 aliphatic heterocycles. The molecular formula is C26H19F2N5OS2. The molecule has 0 aliphatic carbocycles. The first-order chi connectivity index (χ1) is 17.4. The highest BCUT2D eigenvalue weighted by Gasteiger charge is 2.20. The third kappa shape index (κ3) is 4.29. The predicted molar refractivity (Wildman–Crippen MR) is 142 cm³/mol. The van der Waals surface area contributed by atoms with Gasteiger partial charge in [-0.3, -0.25) is 9.36 Å². The summed E-state index contributed by atoms with van der Waals surface area (Å²) >= 11 is 2.73. The molecule has 0 spiro atoms. The van der Waals surface area contributed by atoms with Crippen LogP contribution in [0.4, 0.5) is 13.9 Å². The van der Waals surface area contributed by atoms with Crippen molar-refractivity contribution in [1.82, 2.24) is 19.5 Å². The smallest absolute Gasteiger partial charge is 0.256 e. The van der Waals surface area contributed by atoms with Crippen LogP contribution in [0.1, 0.15) is 11.1 Å². The summed E-state index contributed by atoms with van der Waals surface area (Å²) < 4.78 is 30.4. The molecular weight excluding hydrogens is 500 g/mol. The van der Waals surface area contributed by atoms with Gasteiger partial charge in [0.2, 0.25) is 0 Å². The third-order valence-electron chi connectivity index (χ3n) is 5.60. The average Bonchev–Trinajstić information content (AvgIpc) is 3.37. The number of hydrogen-bond donors (Lipinski definition) is 1. The highest BCUT2D eigenvalue weighted by molar-refractivity contribution is 7.98. The van der Waals surface area contributed by atoms with Gasteiger partial charge in [-0.25, -0.2) is 23.7 Å². The second-order valence-electron chi connectivity index (χ2n) is 7.84. The summed E-state index contributed by atoms with van der Waals surface area (Å²) in [5, 5.41) is 6.62. The standard InChI is InChI=1S/C26H19F2N5OS2/c1-14-7-8-16(15(2)30-25-29-11-12-36-25)13-18(14)22-17-9-10-21(34)33(24(17)32-26(31-22)35-3)23-19(27)5-4-6-20(23)28/h4-13H,2H2,1,3H3,(H,29,30). The molecule has 36 heavy (non-hydrogen) atoms. The van der Waals surface area contributed by atoms with E-state index in [-0.39, 0.29) is 5.65 Å². The Hall–Kier alpha value is -3.89. The van der Waals surface area contributed by atoms with Gasteiger partial charge in [-0.15, -0.1) is 11.3 Å². The van der Waals surface area contributed by atoms with Gasteiger partial charge in [0.05, 0.1) is 5.69 Å². The van der Waals surface area contributed by atoms with Crippen LogP contribution in [0, 0.1) is 18.6 Å². The molecule has 10 heteroatoms. The maximum atomic E-state index is 14.7. The van der Waals surface area contributed by atoms with E-state index in [1.807, 2.05) is 30.5 Å². The summed E-state index contributed by atoms with van der Waals surface area (Å²) in [6, 6.07) is 12.1. The number of nitrogens with one attached hydrogen (secondary N) is 1. The number of nitrogens with zero attached hydrogens (tertiary/aromatic N) is 4. The molecule has 0 saturated heterocycles. The number of anilines is 1. The Morgan fingerprint density at radius 3 is 2.58 bits per heavy atom. The molecule has 3 aromatic heterocycles. The molecule has 2 aromatic carbocycles. The number of thiazole rings is 1. The Morgan fingerprint density at radius 1 is 1.11 bits per heavy atom. The lowest BCUT2D eigenvalue weighted by atomic mass is 9.99. The number of aromatic nitrogens is 4. The second kappa shape index (κ2) is 9.63. The number of para-hydroxylation sites is 1. The van der Waals surface area contributed by atoms with Crippen molar-refractivity contribution in [3.8, 4) is 16.9 Å². The monoisotopic (exact) mass is 519 g/mol. The number of aryl methyl sites for hydroxylation is 1. The number of fused-ring (bicyclic) bond motifs is 1. The minimum absolute atomic E-state index is 0.116. The van der Waals surface area contributed by atoms with Crippen LogP contribution in [0.25, 0.3) is 33.7 Å². The largest absolute Gasteiger partial charge is 0.332 e. The highest BCUT2D eigenvalue weighted by Crippen LogP contribution is 2.33. The average molecular weight is 520 g/mol. The van der Waals surface area contributed by atoms with Crippen molar-refractivity contribution in [3.05, 3.63) is 99.8 Å². The summed E-state index contributed by atoms with van der Waals surface area (Å²) in [5.74, 6) is -1.73. The first kappa shape index (κ1) is 23.8. The summed E-state index contributed by atoms with van der Waals surface area (Å²) in [5.41, 5.74) is 2.74. The van der Waals surface area contributed by atoms with E-state index < -0.39 is 22.9 Å². The molecule has 0 fully saturated rings. The Bertz CT molecular complexity index is 1660. The van der Waals surface area contributed by atoms with E-state index in [2.05, 4.69) is 21.9 Å². The van der Waals surface area contributed by atoms with Gasteiger partial charge in [0.1, 0.15) is 17.3 Å². The molecule has 0 bridgehead atoms. The summed E-state index contributed by atoms with van der Waals surface area (Å²) in [6.45, 7) is 6.07. The molecule has 180 valence electrons. The molecule has 0 saturated carbocycles. The first-order valence-electron chi connectivity index (χ1n) is 10.8. The van der Waals surface area contributed by atoms with Crippen LogP contribution >= 0.6 is 23.1 Å². The molecule has 3 heterocycles. The van der Waals surface area contributed by atoms with Crippen molar-refractivity contribution < 1.29 is 8.78 Å². The Kier molecular flexibility index (Phi) is 6.38. The van der Waals surface area contributed by atoms with Crippen LogP contribution < -0.4 is 10.9 Å². The van der Waals surface area contributed by atoms with E-state index in [1.54, 1.807) is 18.5 Å². The van der Waals surface area contributed by atoms with Crippen LogP contribution in [0.3, 0.4) is 0 Å². The molecule has 0 atom stereocenters. The van der Waals surface area contributed by atoms with Gasteiger partial charge in [0, 0.05) is 34.3 Å². The van der Waals surface area contributed by atoms with E-state index in [4.69, 9.17) is 4.98 Å². The van der Waals surface area contributed by atoms with E-state index in [0.717, 1.165) is 38.5 Å². The van der Waals surface area contributed by atoms with Gasteiger partial charge in [-0.05, 0) is 48.6 Å². The second-order valence-corrected chi connectivity index (χ2v) is 9.51. The SMILES string of the molecule is C=C(Nc1nccs1)c1ccc(C)c(-c2nc(SC)nc3c2ccc(=O)n3-c2c(F)cccc2F)c1. The van der Waals surface area contributed by atoms with Gasteiger partial charge in [0.25, 0.3) is 5.56 Å². The maximum Gasteiger partial charge on any atom is 0.256 e. The van der Waals surface area contributed by atoms with Crippen molar-refractivity contribution in [2.75, 3.05) is 11.6 Å². The summed E-state index contributed by atoms with van der Waals surface area (Å²) in [6.07, 6.45) is 3.50. The lowest BCUT2D eigenvalue weighted by molar-refractivity contribution is 0.568. The minimum Gasteiger partial charge on any atom is -0.332 e. The van der Waals surface area contributed by atoms with Crippen LogP contribution in [0.2, 0.25) is 0 Å². The quantitative estimate of drug-likeness (QED) is 0.210. The van der Waals surface area contributed by atoms with E-state index in [9.17, 15) is 13.6 Å². The zero-order valence-electron chi connectivity index (χ0n) is 19.3. The lowest BCUT2D eigenvalue weighted by Crippen LogP contribution is -2.21. The van der Waals surface area contributed by atoms with Gasteiger partial charge < -0.3 is 5.32 Å². The van der Waals surface area contributed by atoms with Crippen LogP contribution in [-0.4, -0.2) is 25.8 Å². The maximum absolute atomic E-state index is 14.7. The van der Waals surface area contributed by atoms with Crippen LogP contribution in [0.5, 0.6) is 0 Å². The number of benzene rings is 2. The third-order valence-corrected chi connectivity index (χ3v) is 6.84. The topological polar surface area (TPSA) is 72.7 Å². The van der Waals surface area contributed by atoms with Crippen molar-refractivity contribution in [2.24, 2.45) is 0 Å². The van der Waals surface area contributed by atoms with Crippen LogP contribution in [-0.2, 0) is 0 Å². The molecule has 0 radical (unpaired) electrons. The minimum atomic E-state index is -0.863. The van der Waals surface area contributed by atoms with E-state index in [1.165, 1.54) is 35.2 Å². The van der Waals surface area contributed by atoms with Crippen LogP contribution in [0.15, 0.2) is 76.6 Å². The van der Waals surface area contributed by atoms with Gasteiger partial charge in [-0.2, -0.15) is 0 Å². The first-order valence-corrected chi connectivity index (χ1v) is 12.9. The number of thioether (sulfide) groups is 1. The number of hydrogen-bond acceptors (Lipinski definition) is 7. The predicted octanol–water partition coefficient (Wildman–Crippen LogP) is 6.30. The van der Waals surface area contributed by atoms with Crippen molar-refractivity contribution in [1.29, 1.82) is 0 Å². The molecule has 5 rings (SSSR count). The Balaban J connectivity index is 1.75. The Morgan fingerprint density at radius 2 is 1.89 bits per heavy atom. The van der Waals surface area contributed by atoms with Crippen molar-refractivity contribution >= 4 is 45.0 Å². The van der Waals surface area contributed by atoms with Gasteiger partial charge in [0.15, 0.2) is 15.9 Å². The van der Waals surface area contributed by atoms with E-state index in [0.29, 0.717) is 21.9 Å². The normalized spacial score (nSPS) is 11.1. The molecule has 5 aromatic rings. The fraction of sp³-hybridized carbons (Fsp3) is 0.0769. The lowest BCUT2D eigenvalue weighted by Gasteiger charge is -2.16.